The van der Waals surface area contributed by atoms with Crippen molar-refractivity contribution < 1.29 is 9.53 Å². The van der Waals surface area contributed by atoms with Crippen molar-refractivity contribution >= 4 is 40.5 Å². The molecule has 0 saturated carbocycles. The van der Waals surface area contributed by atoms with Crippen molar-refractivity contribution in [3.8, 4) is 5.75 Å². The number of amidine groups is 1. The molecule has 3 aromatic rings. The summed E-state index contributed by atoms with van der Waals surface area (Å²) in [6.45, 7) is 7.17. The first-order valence-corrected chi connectivity index (χ1v) is 11.9. The van der Waals surface area contributed by atoms with Crippen LogP contribution in [0.1, 0.15) is 35.9 Å². The maximum absolute atomic E-state index is 12.5. The number of amides is 2. The van der Waals surface area contributed by atoms with Crippen LogP contribution in [0.4, 0.5) is 10.5 Å². The van der Waals surface area contributed by atoms with Gasteiger partial charge in [0.2, 0.25) is 0 Å². The van der Waals surface area contributed by atoms with Crippen LogP contribution in [-0.4, -0.2) is 23.5 Å². The Hall–Kier alpha value is -3.10. The second-order valence-corrected chi connectivity index (χ2v) is 8.97. The summed E-state index contributed by atoms with van der Waals surface area (Å²) < 4.78 is 7.69. The standard InChI is InChI=1S/C24H28ClN5O2S/c1-5-6-14-30-16(2)17(3)33-24(30)27-22(20-15-18(25)12-13-21(20)32-4)28-29-23(31)26-19-10-8-7-9-11-19/h7-13,15H,5-6,14H2,1-4H3,(H2,26,29,31). The first-order chi connectivity index (χ1) is 15.9. The molecule has 174 valence electrons. The number of hydrogen-bond acceptors (Lipinski definition) is 4. The van der Waals surface area contributed by atoms with E-state index in [2.05, 4.69) is 41.2 Å². The molecule has 0 bridgehead atoms. The zero-order chi connectivity index (χ0) is 23.8. The fraction of sp³-hybridized carbons (Fsp3) is 0.292. The van der Waals surface area contributed by atoms with Crippen molar-refractivity contribution in [3.05, 3.63) is 74.5 Å². The topological polar surface area (TPSA) is 80.0 Å². The van der Waals surface area contributed by atoms with E-state index in [9.17, 15) is 4.79 Å². The number of thiazole rings is 1. The first kappa shape index (κ1) is 24.5. The minimum absolute atomic E-state index is 0.295. The number of halogens is 1. The maximum Gasteiger partial charge on any atom is 0.339 e. The lowest BCUT2D eigenvalue weighted by molar-refractivity contribution is 0.252. The van der Waals surface area contributed by atoms with Crippen LogP contribution in [0.25, 0.3) is 0 Å². The summed E-state index contributed by atoms with van der Waals surface area (Å²) in [5, 5.41) is 7.60. The Labute approximate surface area is 202 Å². The fourth-order valence-electron chi connectivity index (χ4n) is 3.14. The highest BCUT2D eigenvalue weighted by molar-refractivity contribution is 7.09. The highest BCUT2D eigenvalue weighted by atomic mass is 35.5. The minimum Gasteiger partial charge on any atom is -0.496 e. The summed E-state index contributed by atoms with van der Waals surface area (Å²) in [4.78, 5) is 19.3. The van der Waals surface area contributed by atoms with Gasteiger partial charge in [0.1, 0.15) is 5.75 Å². The number of nitrogens with one attached hydrogen (secondary N) is 2. The van der Waals surface area contributed by atoms with E-state index in [1.165, 1.54) is 10.6 Å². The number of hydrogen-bond donors (Lipinski definition) is 2. The van der Waals surface area contributed by atoms with Crippen LogP contribution in [-0.2, 0) is 6.54 Å². The molecule has 9 heteroatoms. The predicted octanol–water partition coefficient (Wildman–Crippen LogP) is 5.71. The van der Waals surface area contributed by atoms with Crippen LogP contribution in [0, 0.1) is 13.8 Å². The Morgan fingerprint density at radius 1 is 1.18 bits per heavy atom. The van der Waals surface area contributed by atoms with Crippen molar-refractivity contribution in [2.45, 2.75) is 40.2 Å². The molecule has 0 unspecified atom stereocenters. The van der Waals surface area contributed by atoms with Gasteiger partial charge in [0.15, 0.2) is 10.6 Å². The molecule has 0 fully saturated rings. The summed E-state index contributed by atoms with van der Waals surface area (Å²) in [6.07, 6.45) is 2.11. The van der Waals surface area contributed by atoms with Gasteiger partial charge in [-0.1, -0.05) is 43.1 Å². The van der Waals surface area contributed by atoms with Crippen LogP contribution in [0.5, 0.6) is 5.75 Å². The van der Waals surface area contributed by atoms with Crippen molar-refractivity contribution in [1.82, 2.24) is 9.99 Å². The van der Waals surface area contributed by atoms with Gasteiger partial charge in [-0.3, -0.25) is 0 Å². The normalized spacial score (nSPS) is 12.0. The van der Waals surface area contributed by atoms with Gasteiger partial charge in [-0.15, -0.1) is 11.3 Å². The Kier molecular flexibility index (Phi) is 8.68. The molecule has 1 aromatic heterocycles. The molecule has 1 heterocycles. The number of methoxy groups -OCH3 is 1. The lowest BCUT2D eigenvalue weighted by Crippen LogP contribution is -2.26. The van der Waals surface area contributed by atoms with Crippen LogP contribution in [0.15, 0.2) is 58.6 Å². The van der Waals surface area contributed by atoms with Gasteiger partial charge in [0.25, 0.3) is 0 Å². The minimum atomic E-state index is -0.479. The highest BCUT2D eigenvalue weighted by Crippen LogP contribution is 2.24. The van der Waals surface area contributed by atoms with Crippen molar-refractivity contribution in [2.24, 2.45) is 10.1 Å². The molecule has 0 spiro atoms. The zero-order valence-electron chi connectivity index (χ0n) is 19.2. The molecule has 3 rings (SSSR count). The van der Waals surface area contributed by atoms with E-state index in [-0.39, 0.29) is 0 Å². The van der Waals surface area contributed by atoms with E-state index in [1.54, 1.807) is 48.8 Å². The number of urea groups is 1. The van der Waals surface area contributed by atoms with Crippen molar-refractivity contribution in [2.75, 3.05) is 12.4 Å². The van der Waals surface area contributed by atoms with Crippen LogP contribution < -0.4 is 20.3 Å². The van der Waals surface area contributed by atoms with Gasteiger partial charge in [0, 0.05) is 27.8 Å². The number of benzene rings is 2. The SMILES string of the molecule is CCCCn1c(C)c(C)sc1=NC(=NNC(=O)Nc1ccccc1)c1cc(Cl)ccc1OC. The van der Waals surface area contributed by atoms with E-state index in [4.69, 9.17) is 21.3 Å². The molecule has 2 N–H and O–H groups in total. The average molecular weight is 486 g/mol. The lowest BCUT2D eigenvalue weighted by Gasteiger charge is -2.10. The molecule has 7 nitrogen and oxygen atoms in total. The van der Waals surface area contributed by atoms with E-state index in [1.807, 2.05) is 18.2 Å². The number of aryl methyl sites for hydroxylation is 1. The monoisotopic (exact) mass is 485 g/mol. The molecule has 2 amide bonds. The molecule has 0 aliphatic rings. The predicted molar refractivity (Wildman–Crippen MR) is 135 cm³/mol. The number of ether oxygens (including phenoxy) is 1. The number of unbranched alkanes of at least 4 members (excludes halogenated alkanes) is 1. The number of nitrogens with zero attached hydrogens (tertiary/aromatic N) is 3. The van der Waals surface area contributed by atoms with Gasteiger partial charge in [0.05, 0.1) is 12.7 Å². The quantitative estimate of drug-likeness (QED) is 0.255. The van der Waals surface area contributed by atoms with Crippen LogP contribution in [0.2, 0.25) is 5.02 Å². The second-order valence-electron chi connectivity index (χ2n) is 7.36. The molecule has 0 atom stereocenters. The highest BCUT2D eigenvalue weighted by Gasteiger charge is 2.14. The van der Waals surface area contributed by atoms with Gasteiger partial charge in [-0.2, -0.15) is 10.1 Å². The summed E-state index contributed by atoms with van der Waals surface area (Å²) >= 11 is 7.85. The molecule has 0 radical (unpaired) electrons. The van der Waals surface area contributed by atoms with E-state index in [0.717, 1.165) is 24.2 Å². The summed E-state index contributed by atoms with van der Waals surface area (Å²) in [5.41, 5.74) is 4.95. The largest absolute Gasteiger partial charge is 0.496 e. The number of anilines is 1. The third-order valence-corrected chi connectivity index (χ3v) is 6.35. The van der Waals surface area contributed by atoms with Gasteiger partial charge in [-0.05, 0) is 50.6 Å². The number of para-hydroxylation sites is 1. The second kappa shape index (κ2) is 11.7. The summed E-state index contributed by atoms with van der Waals surface area (Å²) in [7, 11) is 1.57. The fourth-order valence-corrected chi connectivity index (χ4v) is 4.31. The molecular formula is C24H28ClN5O2S. The van der Waals surface area contributed by atoms with Gasteiger partial charge in [-0.25, -0.2) is 10.2 Å². The number of hydrazone groups is 1. The number of carbonyl (C=O) groups is 1. The Bertz CT molecular complexity index is 1200. The van der Waals surface area contributed by atoms with E-state index in [0.29, 0.717) is 27.9 Å². The number of aromatic nitrogens is 1. The molecule has 0 aliphatic heterocycles. The van der Waals surface area contributed by atoms with Gasteiger partial charge >= 0.3 is 6.03 Å². The Morgan fingerprint density at radius 2 is 1.94 bits per heavy atom. The summed E-state index contributed by atoms with van der Waals surface area (Å²) in [6, 6.07) is 13.9. The average Bonchev–Trinajstić information content (AvgIpc) is 3.08. The van der Waals surface area contributed by atoms with Crippen LogP contribution in [0.3, 0.4) is 0 Å². The van der Waals surface area contributed by atoms with E-state index < -0.39 is 6.03 Å². The first-order valence-electron chi connectivity index (χ1n) is 10.7. The third-order valence-electron chi connectivity index (χ3n) is 5.02. The Balaban J connectivity index is 2.04. The Morgan fingerprint density at radius 3 is 2.64 bits per heavy atom. The molecule has 0 aliphatic carbocycles. The van der Waals surface area contributed by atoms with E-state index >= 15 is 0 Å². The third kappa shape index (κ3) is 6.46. The zero-order valence-corrected chi connectivity index (χ0v) is 20.8. The molecule has 33 heavy (non-hydrogen) atoms. The lowest BCUT2D eigenvalue weighted by atomic mass is 10.2. The molecule has 2 aromatic carbocycles. The number of rotatable bonds is 7. The van der Waals surface area contributed by atoms with Gasteiger partial charge < -0.3 is 14.6 Å². The molecular weight excluding hydrogens is 458 g/mol. The number of carbonyl (C=O) groups excluding carboxylic acids is 1. The summed E-state index contributed by atoms with van der Waals surface area (Å²) in [5.74, 6) is 0.848. The molecule has 0 saturated heterocycles. The van der Waals surface area contributed by atoms with Crippen molar-refractivity contribution in [1.29, 1.82) is 0 Å². The van der Waals surface area contributed by atoms with Crippen LogP contribution >= 0.6 is 22.9 Å². The smallest absolute Gasteiger partial charge is 0.339 e. The van der Waals surface area contributed by atoms with Crippen molar-refractivity contribution in [3.63, 3.8) is 0 Å². The maximum atomic E-state index is 12.5.